The summed E-state index contributed by atoms with van der Waals surface area (Å²) in [5, 5.41) is 8.31. The summed E-state index contributed by atoms with van der Waals surface area (Å²) in [4.78, 5) is 13.8. The van der Waals surface area contributed by atoms with Crippen LogP contribution in [0.5, 0.6) is 11.6 Å². The second-order valence-electron chi connectivity index (χ2n) is 5.68. The molecule has 1 aromatic heterocycles. The van der Waals surface area contributed by atoms with Crippen molar-refractivity contribution in [2.24, 2.45) is 0 Å². The molecule has 0 bridgehead atoms. The highest BCUT2D eigenvalue weighted by atomic mass is 35.5. The van der Waals surface area contributed by atoms with Crippen molar-refractivity contribution >= 4 is 23.4 Å². The quantitative estimate of drug-likeness (QED) is 0.673. The summed E-state index contributed by atoms with van der Waals surface area (Å²) in [6.07, 6.45) is 1.19. The summed E-state index contributed by atoms with van der Waals surface area (Å²) < 4.78 is 11.0. The zero-order valence-electron chi connectivity index (χ0n) is 13.6. The highest BCUT2D eigenvalue weighted by Gasteiger charge is 2.35. The van der Waals surface area contributed by atoms with E-state index in [0.717, 1.165) is 11.3 Å². The van der Waals surface area contributed by atoms with E-state index in [0.29, 0.717) is 16.7 Å². The predicted molar refractivity (Wildman–Crippen MR) is 96.6 cm³/mol. The van der Waals surface area contributed by atoms with E-state index in [4.69, 9.17) is 21.1 Å². The Morgan fingerprint density at radius 2 is 1.96 bits per heavy atom. The fraction of sp³-hybridized carbons (Fsp3) is 0.105. The van der Waals surface area contributed by atoms with Gasteiger partial charge in [-0.15, -0.1) is 5.10 Å². The van der Waals surface area contributed by atoms with Crippen molar-refractivity contribution in [1.29, 1.82) is 0 Å². The van der Waals surface area contributed by atoms with Crippen LogP contribution < -0.4 is 9.64 Å². The third-order valence-electron chi connectivity index (χ3n) is 3.99. The number of aromatic nitrogens is 2. The van der Waals surface area contributed by atoms with Gasteiger partial charge < -0.3 is 9.47 Å². The topological polar surface area (TPSA) is 64.5 Å². The summed E-state index contributed by atoms with van der Waals surface area (Å²) in [6, 6.07) is 17.8. The maximum atomic E-state index is 12.2. The van der Waals surface area contributed by atoms with E-state index >= 15 is 0 Å². The van der Waals surface area contributed by atoms with Crippen LogP contribution in [0.25, 0.3) is 0 Å². The van der Waals surface area contributed by atoms with Gasteiger partial charge in [0.15, 0.2) is 0 Å². The molecule has 1 aliphatic rings. The third kappa shape index (κ3) is 3.32. The fourth-order valence-electron chi connectivity index (χ4n) is 2.80. The van der Waals surface area contributed by atoms with Gasteiger partial charge in [-0.1, -0.05) is 23.7 Å². The number of amides is 1. The first-order valence-corrected chi connectivity index (χ1v) is 8.35. The Morgan fingerprint density at radius 3 is 2.73 bits per heavy atom. The lowest BCUT2D eigenvalue weighted by Gasteiger charge is -2.22. The number of anilines is 1. The summed E-state index contributed by atoms with van der Waals surface area (Å²) in [5.41, 5.74) is 1.62. The molecule has 1 aliphatic heterocycles. The minimum atomic E-state index is -0.391. The molecule has 0 spiro atoms. The molecule has 3 aromatic rings. The highest BCUT2D eigenvalue weighted by molar-refractivity contribution is 6.30. The van der Waals surface area contributed by atoms with Crippen molar-refractivity contribution in [3.05, 3.63) is 77.4 Å². The monoisotopic (exact) mass is 367 g/mol. The van der Waals surface area contributed by atoms with Crippen molar-refractivity contribution in [3.8, 4) is 11.6 Å². The van der Waals surface area contributed by atoms with E-state index in [9.17, 15) is 4.79 Å². The molecule has 1 saturated heterocycles. The molecule has 7 heteroatoms. The molecule has 0 saturated carbocycles. The number of cyclic esters (lactones) is 1. The fourth-order valence-corrected chi connectivity index (χ4v) is 2.93. The molecule has 0 aliphatic carbocycles. The summed E-state index contributed by atoms with van der Waals surface area (Å²) in [5.74, 6) is 1.01. The summed E-state index contributed by atoms with van der Waals surface area (Å²) in [7, 11) is 0. The highest BCUT2D eigenvalue weighted by Crippen LogP contribution is 2.35. The van der Waals surface area contributed by atoms with E-state index in [-0.39, 0.29) is 12.6 Å². The van der Waals surface area contributed by atoms with Crippen molar-refractivity contribution in [1.82, 2.24) is 10.2 Å². The number of halogens is 1. The molecule has 2 heterocycles. The molecule has 0 radical (unpaired) electrons. The van der Waals surface area contributed by atoms with Crippen LogP contribution in [0.3, 0.4) is 0 Å². The second kappa shape index (κ2) is 7.01. The van der Waals surface area contributed by atoms with E-state index in [2.05, 4.69) is 10.2 Å². The number of benzene rings is 2. The van der Waals surface area contributed by atoms with Gasteiger partial charge in [-0.2, -0.15) is 5.10 Å². The van der Waals surface area contributed by atoms with Crippen LogP contribution in [0.2, 0.25) is 5.02 Å². The van der Waals surface area contributed by atoms with Gasteiger partial charge in [0.05, 0.1) is 6.04 Å². The Kier molecular flexibility index (Phi) is 4.41. The van der Waals surface area contributed by atoms with Crippen molar-refractivity contribution in [2.45, 2.75) is 6.04 Å². The summed E-state index contributed by atoms with van der Waals surface area (Å²) in [6.45, 7) is 0.260. The number of hydrogen-bond acceptors (Lipinski definition) is 5. The Morgan fingerprint density at radius 1 is 1.12 bits per heavy atom. The van der Waals surface area contributed by atoms with Gasteiger partial charge in [0.1, 0.15) is 12.4 Å². The third-order valence-corrected chi connectivity index (χ3v) is 4.24. The maximum absolute atomic E-state index is 12.2. The minimum Gasteiger partial charge on any atom is -0.447 e. The smallest absolute Gasteiger partial charge is 0.415 e. The first kappa shape index (κ1) is 16.4. The van der Waals surface area contributed by atoms with E-state index in [1.807, 2.05) is 24.3 Å². The Balaban J connectivity index is 1.62. The van der Waals surface area contributed by atoms with Crippen LogP contribution >= 0.6 is 11.6 Å². The molecule has 1 unspecified atom stereocenters. The van der Waals surface area contributed by atoms with Gasteiger partial charge in [-0.3, -0.25) is 4.90 Å². The van der Waals surface area contributed by atoms with Crippen molar-refractivity contribution < 1.29 is 14.3 Å². The number of rotatable bonds is 4. The van der Waals surface area contributed by atoms with Gasteiger partial charge in [0.2, 0.25) is 5.88 Å². The van der Waals surface area contributed by atoms with Crippen LogP contribution in [0.1, 0.15) is 11.6 Å². The predicted octanol–water partition coefficient (Wildman–Crippen LogP) is 4.62. The molecule has 1 atom stereocenters. The molecule has 2 aromatic carbocycles. The molecule has 1 amide bonds. The number of ether oxygens (including phenoxy) is 2. The minimum absolute atomic E-state index is 0.255. The molecule has 1 fully saturated rings. The Hall–Kier alpha value is -3.12. The first-order chi connectivity index (χ1) is 12.7. The van der Waals surface area contributed by atoms with Crippen LogP contribution in [0.15, 0.2) is 66.9 Å². The molecule has 26 heavy (non-hydrogen) atoms. The molecule has 0 N–H and O–H groups in total. The maximum Gasteiger partial charge on any atom is 0.415 e. The van der Waals surface area contributed by atoms with Gasteiger partial charge in [-0.05, 0) is 48.0 Å². The summed E-state index contributed by atoms with van der Waals surface area (Å²) >= 11 is 5.94. The normalized spacial score (nSPS) is 16.4. The van der Waals surface area contributed by atoms with E-state index < -0.39 is 6.09 Å². The van der Waals surface area contributed by atoms with E-state index in [1.54, 1.807) is 47.5 Å². The zero-order chi connectivity index (χ0) is 17.9. The standard InChI is InChI=1S/C19H14ClN3O3/c20-14-6-8-15(9-7-14)23-17(12-25-19(23)24)13-3-1-4-16(11-13)26-18-5-2-10-21-22-18/h1-11,17H,12H2. The van der Waals surface area contributed by atoms with Gasteiger partial charge in [0, 0.05) is 23.0 Å². The lowest BCUT2D eigenvalue weighted by Crippen LogP contribution is -2.27. The molecule has 130 valence electrons. The number of hydrogen-bond donors (Lipinski definition) is 0. The van der Waals surface area contributed by atoms with Gasteiger partial charge in [0.25, 0.3) is 0 Å². The second-order valence-corrected chi connectivity index (χ2v) is 6.11. The zero-order valence-corrected chi connectivity index (χ0v) is 14.3. The largest absolute Gasteiger partial charge is 0.447 e. The van der Waals surface area contributed by atoms with Crippen LogP contribution in [0.4, 0.5) is 10.5 Å². The number of carbonyl (C=O) groups is 1. The van der Waals surface area contributed by atoms with Crippen molar-refractivity contribution in [3.63, 3.8) is 0 Å². The van der Waals surface area contributed by atoms with Gasteiger partial charge in [-0.25, -0.2) is 4.79 Å². The first-order valence-electron chi connectivity index (χ1n) is 7.98. The molecule has 4 rings (SSSR count). The number of nitrogens with zero attached hydrogens (tertiary/aromatic N) is 3. The molecule has 6 nitrogen and oxygen atoms in total. The molecular weight excluding hydrogens is 354 g/mol. The van der Waals surface area contributed by atoms with Crippen LogP contribution in [-0.4, -0.2) is 22.9 Å². The molecular formula is C19H14ClN3O3. The Bertz CT molecular complexity index is 919. The van der Waals surface area contributed by atoms with Gasteiger partial charge >= 0.3 is 6.09 Å². The average molecular weight is 368 g/mol. The van der Waals surface area contributed by atoms with Crippen molar-refractivity contribution in [2.75, 3.05) is 11.5 Å². The lowest BCUT2D eigenvalue weighted by molar-refractivity contribution is 0.179. The van der Waals surface area contributed by atoms with Crippen LogP contribution in [-0.2, 0) is 4.74 Å². The van der Waals surface area contributed by atoms with E-state index in [1.165, 1.54) is 0 Å². The van der Waals surface area contributed by atoms with Crippen LogP contribution in [0, 0.1) is 0 Å². The SMILES string of the molecule is O=C1OCC(c2cccc(Oc3cccnn3)c2)N1c1ccc(Cl)cc1. The lowest BCUT2D eigenvalue weighted by atomic mass is 10.1. The average Bonchev–Trinajstić information content (AvgIpc) is 3.05. The number of carbonyl (C=O) groups excluding carboxylic acids is 1. The Labute approximate surface area is 154 Å².